The maximum absolute atomic E-state index is 9.98. The van der Waals surface area contributed by atoms with Gasteiger partial charge in [-0.2, -0.15) is 39.6 Å². The number of H-pyrrole nitrogens is 2. The number of hydrogen-bond donors (Lipinski definition) is 3. The fourth-order valence-electron chi connectivity index (χ4n) is 15.8. The summed E-state index contributed by atoms with van der Waals surface area (Å²) in [6.45, 7) is 39.9. The zero-order valence-corrected chi connectivity index (χ0v) is 94.5. The van der Waals surface area contributed by atoms with Gasteiger partial charge in [0.2, 0.25) is 29.2 Å². The molecule has 4 N–H and O–H groups in total. The predicted molar refractivity (Wildman–Crippen MR) is 582 cm³/mol. The third-order valence-corrected chi connectivity index (χ3v) is 29.7. The molecule has 4 aliphatic heterocycles. The largest absolute Gasteiger partial charge is 0.498 e. The van der Waals surface area contributed by atoms with E-state index in [0.717, 1.165) is 132 Å². The smallest absolute Gasteiger partial charge is 0.497 e. The highest BCUT2D eigenvalue weighted by Crippen LogP contribution is 2.54. The summed E-state index contributed by atoms with van der Waals surface area (Å²) in [6.07, 6.45) is 12.9. The summed E-state index contributed by atoms with van der Waals surface area (Å²) >= 11 is 31.0. The Kier molecular flexibility index (Phi) is 35.4. The number of fused-ring (bicyclic) bond motifs is 4. The first-order valence-corrected chi connectivity index (χ1v) is 50.8. The summed E-state index contributed by atoms with van der Waals surface area (Å²) in [7, 11) is 12.0. The number of nitrogens with zero attached hydrogens (tertiary/aromatic N) is 26. The van der Waals surface area contributed by atoms with Crippen LogP contribution in [0, 0.1) is 24.1 Å². The van der Waals surface area contributed by atoms with Crippen molar-refractivity contribution in [3.8, 4) is 79.8 Å². The van der Waals surface area contributed by atoms with Gasteiger partial charge in [-0.15, -0.1) is 40.8 Å². The molecular formula is C94H116B4BrCl4I2N29O11. The molecule has 0 spiro atoms. The molecule has 5 fully saturated rings. The number of nitrogens with two attached hydrogens (primary N) is 1. The molecule has 0 radical (unpaired) electrons. The highest BCUT2D eigenvalue weighted by Gasteiger charge is 2.64. The fourth-order valence-corrected chi connectivity index (χ4v) is 18.2. The Hall–Kier alpha value is -10.6. The molecular weight excluding hydrogens is 2230 g/mol. The van der Waals surface area contributed by atoms with Crippen LogP contribution in [0.4, 0.5) is 0 Å². The third kappa shape index (κ3) is 25.7. The highest BCUT2D eigenvalue weighted by atomic mass is 127. The van der Waals surface area contributed by atoms with Crippen LogP contribution in [0.2, 0.25) is 33.3 Å². The Morgan fingerprint density at radius 3 is 1.28 bits per heavy atom. The molecule has 0 atom stereocenters. The van der Waals surface area contributed by atoms with Crippen LogP contribution in [0.15, 0.2) is 133 Å². The summed E-state index contributed by atoms with van der Waals surface area (Å²) in [5.41, 5.74) is 13.8. The van der Waals surface area contributed by atoms with Gasteiger partial charge < -0.3 is 52.6 Å². The Balaban J connectivity index is 0.000000140. The number of aryl methyl sites for hydroxylation is 6. The van der Waals surface area contributed by atoms with E-state index in [4.69, 9.17) is 104 Å². The normalized spacial score (nSPS) is 16.5. The van der Waals surface area contributed by atoms with Gasteiger partial charge in [-0.1, -0.05) is 123 Å². The topological polar surface area (TPSA) is 454 Å². The van der Waals surface area contributed by atoms with Crippen molar-refractivity contribution in [1.82, 2.24) is 141 Å². The van der Waals surface area contributed by atoms with Crippen molar-refractivity contribution < 1.29 is 51.7 Å². The number of rotatable bonds is 15. The number of ether oxygens (including phenoxy) is 4. The number of tetrazole rings is 4. The van der Waals surface area contributed by atoms with E-state index < -0.39 is 32.3 Å². The minimum atomic E-state index is -0.508. The van der Waals surface area contributed by atoms with Gasteiger partial charge in [0.15, 0.2) is 6.71 Å². The molecule has 21 rings (SSSR count). The van der Waals surface area contributed by atoms with E-state index in [9.17, 15) is 4.79 Å². The van der Waals surface area contributed by atoms with Gasteiger partial charge in [-0.25, -0.2) is 19.9 Å². The van der Waals surface area contributed by atoms with Crippen molar-refractivity contribution in [2.75, 3.05) is 28.4 Å². The number of nitrogens with one attached hydrogen (secondary N) is 2. The number of carbonyl (C=O) groups excluding carboxylic acids is 1. The van der Waals surface area contributed by atoms with Crippen molar-refractivity contribution in [1.29, 1.82) is 0 Å². The van der Waals surface area contributed by atoms with E-state index in [-0.39, 0.29) is 34.2 Å². The molecule has 4 saturated heterocycles. The number of para-hydroxylation sites is 4. The SMILES string of the molecule is CC1(C)OB(B2OC(C)(C)C(C)(C)O2)OC1(C)C.CCn1nc(-c2cccc(-c3nnn(C)n3)c2OC)c2cc(Cl)ncc21.CCn1nc(I)c2cc(Cl)ncc21.COc1c(B2CC(C)(C)C(C)(C)C2)cccc1-c1nnn(C)n1.COc1c(B2OC(C)(C)C(C)(C)O2)cccc1-c1nnn(C)n1.COc1c(Br)cccc1-c1nnn(C)n1.Clc1cc2c(I)[nH]nc2cn1.Clc1cc2cn[nH]c2cn1.NC(=O)C1CC1. The monoisotopic (exact) mass is 2340 g/mol. The molecule has 51 heteroatoms. The van der Waals surface area contributed by atoms with Gasteiger partial charge in [-0.3, -0.25) is 24.4 Å². The van der Waals surface area contributed by atoms with Crippen LogP contribution in [-0.4, -0.2) is 237 Å². The lowest BCUT2D eigenvalue weighted by Gasteiger charge is -2.35. The number of halogens is 7. The van der Waals surface area contributed by atoms with E-state index in [0.29, 0.717) is 85.2 Å². The maximum Gasteiger partial charge on any atom is 0.498 e. The summed E-state index contributed by atoms with van der Waals surface area (Å²) < 4.78 is 65.1. The minimum Gasteiger partial charge on any atom is -0.497 e. The maximum atomic E-state index is 9.98. The average Bonchev–Trinajstić information content (AvgIpc) is 1.61. The number of methoxy groups -OCH3 is 4. The molecule has 5 aliphatic rings. The van der Waals surface area contributed by atoms with Crippen LogP contribution in [0.25, 0.3) is 100 Å². The van der Waals surface area contributed by atoms with Gasteiger partial charge in [0.05, 0.1) is 164 Å². The molecule has 12 aromatic heterocycles. The van der Waals surface area contributed by atoms with Gasteiger partial charge in [0.1, 0.15) is 62.2 Å². The second-order valence-corrected chi connectivity index (χ2v) is 43.2. The minimum absolute atomic E-state index is 0.130. The Morgan fingerprint density at radius 2 is 0.841 bits per heavy atom. The molecule has 1 amide bonds. The van der Waals surface area contributed by atoms with Crippen molar-refractivity contribution in [2.24, 2.45) is 50.7 Å². The van der Waals surface area contributed by atoms with Crippen LogP contribution >= 0.6 is 108 Å². The zero-order chi connectivity index (χ0) is 106. The highest BCUT2D eigenvalue weighted by molar-refractivity contribution is 14.1. The van der Waals surface area contributed by atoms with E-state index in [1.165, 1.54) is 24.6 Å². The first kappa shape index (κ1) is 112. The van der Waals surface area contributed by atoms with E-state index in [2.05, 4.69) is 215 Å². The molecule has 0 bridgehead atoms. The van der Waals surface area contributed by atoms with Gasteiger partial charge in [-0.05, 0) is 269 Å². The lowest BCUT2D eigenvalue weighted by atomic mass is 9.42. The number of aromatic amines is 2. The van der Waals surface area contributed by atoms with Gasteiger partial charge >= 0.3 is 21.1 Å². The summed E-state index contributed by atoms with van der Waals surface area (Å²) in [5.74, 6) is 5.14. The number of primary amides is 1. The number of hydrogen-bond acceptors (Lipinski definition) is 31. The number of aromatic nitrogens is 28. The lowest BCUT2D eigenvalue weighted by Crippen LogP contribution is -2.41. The molecule has 0 unspecified atom stereocenters. The third-order valence-electron chi connectivity index (χ3n) is 26.6. The Morgan fingerprint density at radius 1 is 0.462 bits per heavy atom. The molecule has 145 heavy (non-hydrogen) atoms. The lowest BCUT2D eigenvalue weighted by molar-refractivity contribution is -0.119. The van der Waals surface area contributed by atoms with Crippen LogP contribution in [0.3, 0.4) is 0 Å². The average molecular weight is 2350 g/mol. The fraction of sp³-hybridized carbons (Fsp3) is 0.436. The summed E-state index contributed by atoms with van der Waals surface area (Å²) in [6, 6.07) is 30.7. The second-order valence-electron chi connectivity index (χ2n) is 38.7. The first-order valence-electron chi connectivity index (χ1n) is 46.3. The van der Waals surface area contributed by atoms with Crippen molar-refractivity contribution in [3.05, 3.63) is 161 Å². The Labute approximate surface area is 897 Å². The molecule has 4 aromatic carbocycles. The molecule has 16 heterocycles. The van der Waals surface area contributed by atoms with Crippen molar-refractivity contribution in [3.63, 3.8) is 0 Å². The predicted octanol–water partition coefficient (Wildman–Crippen LogP) is 17.1. The molecule has 40 nitrogen and oxygen atoms in total. The van der Waals surface area contributed by atoms with Gasteiger partial charge in [0.25, 0.3) is 0 Å². The van der Waals surface area contributed by atoms with Crippen molar-refractivity contribution in [2.45, 2.75) is 197 Å². The zero-order valence-electron chi connectivity index (χ0n) is 85.6. The van der Waals surface area contributed by atoms with Crippen LogP contribution in [-0.2, 0) is 74.0 Å². The molecule has 764 valence electrons. The number of benzene rings is 4. The first-order chi connectivity index (χ1) is 68.4. The number of carbonyl (C=O) groups is 1. The quantitative estimate of drug-likeness (QED) is 0.0487. The van der Waals surface area contributed by atoms with Crippen molar-refractivity contribution >= 4 is 196 Å². The number of pyridine rings is 4. The molecule has 1 saturated carbocycles. The summed E-state index contributed by atoms with van der Waals surface area (Å²) in [5, 5.41) is 77.2. The number of amides is 1. The second kappa shape index (κ2) is 46.0. The van der Waals surface area contributed by atoms with E-state index in [1.807, 2.05) is 172 Å². The Bertz CT molecular complexity index is 7020. The molecule has 1 aliphatic carbocycles. The standard InChI is InChI=1S/C17H25BN4O.C17H16ClN7O.C15H21BN4O3.C12H24B2O4.C9H9BrN4O.C8H7ClIN3.C6H3ClIN3.C6H4ClN3.C4H7NO/c1-16(2)10-18(11-17(16,3)4)13-9-7-8-12(14(13)23-6)15-19-21-22(5)20-15;1-4-25-13-9-19-14(18)8-12(13)15(21-25)10-6-5-7-11(16(10)26-3)17-20-23-24(2)22-17;1-14(2)15(3,4)23-16(22-14)11-9-7-8-10(12(11)21-6)13-17-19-20(5)18-13;1-9(2)10(3,4)16-13(15-9)14-17-11(5,6)12(7,8)18-14;1-14-12-9(11-13-14)6-4-3-5-7(10)8(6)15-2;1-2-13-6-4-11-7(9)3-5(6)8(10)12-13;7-5-1-3-4(2-9-5)10-11-6(3)8;7-6-1-4-2-9-10-5(4)3-8-6;5-4(6)3-1-2-3/h7-9H,10-11H2,1-6H3;5-9H,4H2,1-3H3;7-9H,1-6H3;1-8H3;3-5H,1-2H3;3-4H,2H2,1H3;1-2H,(H,10,11);1-3H,(H,9,10);3H,1-2H2,(H2,5,6). The van der Waals surface area contributed by atoms with E-state index >= 15 is 0 Å². The summed E-state index contributed by atoms with van der Waals surface area (Å²) in [4.78, 5) is 31.7. The van der Waals surface area contributed by atoms with Crippen LogP contribution in [0.1, 0.15) is 137 Å². The molecule has 16 aromatic rings. The van der Waals surface area contributed by atoms with Crippen LogP contribution < -0.4 is 35.6 Å². The van der Waals surface area contributed by atoms with Gasteiger partial charge in [0, 0.05) is 51.6 Å². The van der Waals surface area contributed by atoms with Crippen LogP contribution in [0.5, 0.6) is 23.0 Å². The van der Waals surface area contributed by atoms with E-state index in [1.54, 1.807) is 99.7 Å².